The lowest BCUT2D eigenvalue weighted by molar-refractivity contribution is 0.141. The number of amides is 1. The number of nitrogens with zero attached hydrogens (tertiary/aromatic N) is 3. The van der Waals surface area contributed by atoms with Crippen LogP contribution >= 0.6 is 0 Å². The van der Waals surface area contributed by atoms with Crippen LogP contribution in [-0.2, 0) is 22.4 Å². The zero-order valence-corrected chi connectivity index (χ0v) is 20.6. The predicted molar refractivity (Wildman–Crippen MR) is 139 cm³/mol. The fourth-order valence-corrected chi connectivity index (χ4v) is 4.32. The van der Waals surface area contributed by atoms with Crippen molar-refractivity contribution in [1.82, 2.24) is 19.4 Å². The minimum absolute atomic E-state index is 0.134. The predicted octanol–water partition coefficient (Wildman–Crippen LogP) is 5.12. The second-order valence-electron chi connectivity index (χ2n) is 8.50. The van der Waals surface area contributed by atoms with Crippen LogP contribution in [-0.4, -0.2) is 53.6 Å². The number of ether oxygens (including phenoxy) is 2. The molecule has 0 atom stereocenters. The second-order valence-corrected chi connectivity index (χ2v) is 8.50. The smallest absolute Gasteiger partial charge is 0.325 e. The van der Waals surface area contributed by atoms with Gasteiger partial charge in [-0.1, -0.05) is 42.5 Å². The maximum Gasteiger partial charge on any atom is 0.325 e. The average Bonchev–Trinajstić information content (AvgIpc) is 3.51. The Morgan fingerprint density at radius 1 is 1.06 bits per heavy atom. The van der Waals surface area contributed by atoms with E-state index in [0.717, 1.165) is 55.1 Å². The molecule has 4 aromatic rings. The highest BCUT2D eigenvalue weighted by Gasteiger charge is 2.16. The van der Waals surface area contributed by atoms with Crippen LogP contribution in [0.5, 0.6) is 0 Å². The van der Waals surface area contributed by atoms with E-state index >= 15 is 0 Å². The Bertz CT molecular complexity index is 1240. The van der Waals surface area contributed by atoms with Gasteiger partial charge in [0.2, 0.25) is 0 Å². The molecule has 2 aromatic carbocycles. The molecule has 0 fully saturated rings. The summed E-state index contributed by atoms with van der Waals surface area (Å²) >= 11 is 0. The van der Waals surface area contributed by atoms with Crippen molar-refractivity contribution >= 4 is 16.8 Å². The first kappa shape index (κ1) is 24.7. The van der Waals surface area contributed by atoms with Crippen LogP contribution in [0.2, 0.25) is 0 Å². The maximum atomic E-state index is 13.2. The van der Waals surface area contributed by atoms with Gasteiger partial charge >= 0.3 is 6.03 Å². The van der Waals surface area contributed by atoms with Gasteiger partial charge in [0.1, 0.15) is 0 Å². The van der Waals surface area contributed by atoms with E-state index in [0.29, 0.717) is 19.6 Å². The highest BCUT2D eigenvalue weighted by molar-refractivity contribution is 5.97. The molecule has 2 heterocycles. The highest BCUT2D eigenvalue weighted by atomic mass is 16.5. The number of hydrogen-bond donors (Lipinski definition) is 1. The van der Waals surface area contributed by atoms with Gasteiger partial charge in [0.15, 0.2) is 0 Å². The minimum Gasteiger partial charge on any atom is -0.385 e. The summed E-state index contributed by atoms with van der Waals surface area (Å²) in [7, 11) is 1.67. The zero-order chi connectivity index (χ0) is 24.5. The first-order valence-corrected chi connectivity index (χ1v) is 12.2. The summed E-state index contributed by atoms with van der Waals surface area (Å²) in [4.78, 5) is 17.5. The highest BCUT2D eigenvalue weighted by Crippen LogP contribution is 2.30. The average molecular weight is 475 g/mol. The monoisotopic (exact) mass is 474 g/mol. The quantitative estimate of drug-likeness (QED) is 0.290. The van der Waals surface area contributed by atoms with Crippen LogP contribution in [0.25, 0.3) is 21.9 Å². The number of methoxy groups -OCH3 is 1. The molecule has 0 saturated carbocycles. The minimum atomic E-state index is -0.134. The lowest BCUT2D eigenvalue weighted by atomic mass is 10.00. The lowest BCUT2D eigenvalue weighted by Gasteiger charge is -2.11. The van der Waals surface area contributed by atoms with E-state index in [1.54, 1.807) is 11.7 Å². The molecule has 184 valence electrons. The number of imidazole rings is 1. The Labute approximate surface area is 206 Å². The van der Waals surface area contributed by atoms with Gasteiger partial charge in [0.25, 0.3) is 0 Å². The largest absolute Gasteiger partial charge is 0.385 e. The molecule has 7 heteroatoms. The van der Waals surface area contributed by atoms with E-state index in [9.17, 15) is 4.79 Å². The Hall–Kier alpha value is -3.42. The normalized spacial score (nSPS) is 11.3. The third-order valence-corrected chi connectivity index (χ3v) is 6.07. The molecule has 7 nitrogen and oxygen atoms in total. The molecule has 1 amide bonds. The molecule has 0 bridgehead atoms. The van der Waals surface area contributed by atoms with Gasteiger partial charge in [0, 0.05) is 75.8 Å². The van der Waals surface area contributed by atoms with E-state index in [1.807, 2.05) is 37.8 Å². The van der Waals surface area contributed by atoms with Crippen molar-refractivity contribution < 1.29 is 14.3 Å². The van der Waals surface area contributed by atoms with Crippen molar-refractivity contribution in [2.45, 2.75) is 32.7 Å². The molecule has 4 rings (SSSR count). The Kier molecular flexibility index (Phi) is 8.70. The molecule has 0 saturated heterocycles. The van der Waals surface area contributed by atoms with Crippen molar-refractivity contribution in [3.05, 3.63) is 78.6 Å². The van der Waals surface area contributed by atoms with Gasteiger partial charge in [-0.15, -0.1) is 0 Å². The number of rotatable bonds is 12. The number of fused-ring (bicyclic) bond motifs is 1. The van der Waals surface area contributed by atoms with Gasteiger partial charge in [0.05, 0.1) is 6.33 Å². The molecule has 0 aliphatic heterocycles. The number of aryl methyl sites for hydroxylation is 1. The summed E-state index contributed by atoms with van der Waals surface area (Å²) < 4.78 is 14.5. The summed E-state index contributed by atoms with van der Waals surface area (Å²) in [5.74, 6) is 0. The third kappa shape index (κ3) is 6.18. The van der Waals surface area contributed by atoms with Crippen molar-refractivity contribution in [2.24, 2.45) is 0 Å². The summed E-state index contributed by atoms with van der Waals surface area (Å²) in [6.07, 6.45) is 7.96. The fourth-order valence-electron chi connectivity index (χ4n) is 4.32. The lowest BCUT2D eigenvalue weighted by Crippen LogP contribution is -2.30. The molecule has 0 spiro atoms. The molecular weight excluding hydrogens is 440 g/mol. The number of carbonyl (C=O) groups is 1. The van der Waals surface area contributed by atoms with Crippen LogP contribution in [0.15, 0.2) is 67.3 Å². The van der Waals surface area contributed by atoms with E-state index in [2.05, 4.69) is 51.3 Å². The zero-order valence-electron chi connectivity index (χ0n) is 20.6. The van der Waals surface area contributed by atoms with Crippen LogP contribution in [0.1, 0.15) is 31.2 Å². The van der Waals surface area contributed by atoms with Crippen LogP contribution in [0, 0.1) is 0 Å². The van der Waals surface area contributed by atoms with E-state index < -0.39 is 0 Å². The Balaban J connectivity index is 1.63. The van der Waals surface area contributed by atoms with Crippen molar-refractivity contribution in [3.63, 3.8) is 0 Å². The molecule has 0 unspecified atom stereocenters. The second kappa shape index (κ2) is 12.3. The van der Waals surface area contributed by atoms with Gasteiger partial charge in [-0.3, -0.25) is 4.57 Å². The number of hydrogen-bond acceptors (Lipinski definition) is 4. The van der Waals surface area contributed by atoms with Crippen molar-refractivity contribution in [2.75, 3.05) is 33.5 Å². The number of benzene rings is 2. The SMILES string of the molecule is CCOCCCn1cncc1Cc1cc(-c2cccc3ccccc23)cn1C(=O)NCCCOC. The topological polar surface area (TPSA) is 70.3 Å². The summed E-state index contributed by atoms with van der Waals surface area (Å²) in [6, 6.07) is 16.6. The van der Waals surface area contributed by atoms with Crippen LogP contribution in [0.4, 0.5) is 4.79 Å². The first-order chi connectivity index (χ1) is 17.2. The fraction of sp³-hybridized carbons (Fsp3) is 0.357. The van der Waals surface area contributed by atoms with Crippen molar-refractivity contribution in [3.8, 4) is 11.1 Å². The molecule has 35 heavy (non-hydrogen) atoms. The number of nitrogens with one attached hydrogen (secondary N) is 1. The maximum absolute atomic E-state index is 13.2. The molecular formula is C28H34N4O3. The van der Waals surface area contributed by atoms with Crippen LogP contribution < -0.4 is 5.32 Å². The van der Waals surface area contributed by atoms with Crippen molar-refractivity contribution in [1.29, 1.82) is 0 Å². The van der Waals surface area contributed by atoms with Gasteiger partial charge in [-0.25, -0.2) is 9.78 Å². The van der Waals surface area contributed by atoms with Gasteiger partial charge in [-0.2, -0.15) is 0 Å². The molecule has 1 N–H and O–H groups in total. The van der Waals surface area contributed by atoms with Crippen LogP contribution in [0.3, 0.4) is 0 Å². The van der Waals surface area contributed by atoms with Gasteiger partial charge < -0.3 is 19.4 Å². The van der Waals surface area contributed by atoms with E-state index in [4.69, 9.17) is 9.47 Å². The summed E-state index contributed by atoms with van der Waals surface area (Å²) in [6.45, 7) is 5.45. The Morgan fingerprint density at radius 2 is 1.91 bits per heavy atom. The molecule has 0 aliphatic rings. The number of aromatic nitrogens is 3. The third-order valence-electron chi connectivity index (χ3n) is 6.07. The van der Waals surface area contributed by atoms with E-state index in [-0.39, 0.29) is 6.03 Å². The standard InChI is InChI=1S/C28H34N4O3/c1-3-35-16-8-14-31-21-29-19-25(31)18-24-17-23(20-32(24)28(33)30-13-7-15-34-2)27-12-6-10-22-9-4-5-11-26(22)27/h4-6,9-12,17,19-21H,3,7-8,13-16,18H2,1-2H3,(H,30,33). The van der Waals surface area contributed by atoms with Gasteiger partial charge in [-0.05, 0) is 42.2 Å². The Morgan fingerprint density at radius 3 is 2.77 bits per heavy atom. The first-order valence-electron chi connectivity index (χ1n) is 12.2. The molecule has 2 aromatic heterocycles. The number of carbonyl (C=O) groups excluding carboxylic acids is 1. The molecule has 0 radical (unpaired) electrons. The summed E-state index contributed by atoms with van der Waals surface area (Å²) in [5.41, 5.74) is 4.12. The molecule has 0 aliphatic carbocycles. The van der Waals surface area contributed by atoms with E-state index in [1.165, 1.54) is 10.8 Å². The summed E-state index contributed by atoms with van der Waals surface area (Å²) in [5, 5.41) is 5.37.